The number of likely N-dealkylation sites (tertiary alicyclic amines) is 1. The highest BCUT2D eigenvalue weighted by Gasteiger charge is 2.51. The van der Waals surface area contributed by atoms with Crippen LogP contribution in [0, 0.1) is 5.92 Å². The normalized spacial score (nSPS) is 23.0. The number of benzene rings is 1. The number of amides is 2. The summed E-state index contributed by atoms with van der Waals surface area (Å²) in [6.45, 7) is 9.59. The smallest absolute Gasteiger partial charge is 0.249 e. The minimum absolute atomic E-state index is 0.00492. The molecular weight excluding hydrogens is 350 g/mol. The summed E-state index contributed by atoms with van der Waals surface area (Å²) in [5.41, 5.74) is 0.729. The minimum Gasteiger partial charge on any atom is -0.299 e. The molecule has 2 aliphatic heterocycles. The Morgan fingerprint density at radius 1 is 1.14 bits per heavy atom. The molecule has 1 aromatic carbocycles. The first-order chi connectivity index (χ1) is 13.4. The van der Waals surface area contributed by atoms with Crippen LogP contribution in [0.1, 0.15) is 58.4 Å². The minimum atomic E-state index is -0.575. The van der Waals surface area contributed by atoms with Crippen LogP contribution in [-0.2, 0) is 16.1 Å². The molecule has 0 aliphatic carbocycles. The maximum absolute atomic E-state index is 13.3. The maximum Gasteiger partial charge on any atom is 0.249 e. The van der Waals surface area contributed by atoms with Gasteiger partial charge in [-0.05, 0) is 37.2 Å². The molecule has 1 spiro atoms. The second kappa shape index (κ2) is 9.19. The third-order valence-corrected chi connectivity index (χ3v) is 6.07. The van der Waals surface area contributed by atoms with Gasteiger partial charge in [-0.2, -0.15) is 0 Å². The van der Waals surface area contributed by atoms with Gasteiger partial charge in [-0.1, -0.05) is 57.5 Å². The zero-order valence-electron chi connectivity index (χ0n) is 17.6. The number of nitrogens with zero attached hydrogens (tertiary/aromatic N) is 2. The van der Waals surface area contributed by atoms with Gasteiger partial charge in [0.2, 0.25) is 11.8 Å². The van der Waals surface area contributed by atoms with Crippen molar-refractivity contribution in [2.75, 3.05) is 19.6 Å². The van der Waals surface area contributed by atoms with Gasteiger partial charge in [0.05, 0.1) is 6.04 Å². The Bertz CT molecular complexity index is 666. The molecule has 0 bridgehead atoms. The fraction of sp³-hybridized carbons (Fsp3) is 0.652. The molecule has 5 heteroatoms. The molecule has 2 aliphatic rings. The highest BCUT2D eigenvalue weighted by atomic mass is 16.2. The monoisotopic (exact) mass is 385 g/mol. The quantitative estimate of drug-likeness (QED) is 0.733. The van der Waals surface area contributed by atoms with Gasteiger partial charge in [0.15, 0.2) is 0 Å². The lowest BCUT2D eigenvalue weighted by molar-refractivity contribution is -0.159. The first kappa shape index (κ1) is 21.0. The van der Waals surface area contributed by atoms with E-state index in [1.54, 1.807) is 4.90 Å². The highest BCUT2D eigenvalue weighted by Crippen LogP contribution is 2.31. The number of imide groups is 1. The summed E-state index contributed by atoms with van der Waals surface area (Å²) in [5, 5.41) is 3.52. The van der Waals surface area contributed by atoms with Crippen molar-refractivity contribution in [3.8, 4) is 0 Å². The Kier molecular flexibility index (Phi) is 6.89. The van der Waals surface area contributed by atoms with Gasteiger partial charge >= 0.3 is 0 Å². The first-order valence-corrected chi connectivity index (χ1v) is 10.8. The standard InChI is InChI=1S/C23H35N3O2/c1-4-5-13-26-21(27)20(16-18(2)3)24-23(22(26)28)11-14-25(15-12-23)17-19-9-7-6-8-10-19/h6-10,18,20,24H,4-5,11-17H2,1-3H3/t20-/m0/s1. The number of carbonyl (C=O) groups is 2. The summed E-state index contributed by atoms with van der Waals surface area (Å²) in [6.07, 6.45) is 4.18. The molecule has 2 amide bonds. The predicted octanol–water partition coefficient (Wildman–Crippen LogP) is 3.19. The van der Waals surface area contributed by atoms with Gasteiger partial charge in [0.1, 0.15) is 5.54 Å². The van der Waals surface area contributed by atoms with Crippen molar-refractivity contribution in [1.29, 1.82) is 0 Å². The maximum atomic E-state index is 13.3. The molecule has 0 radical (unpaired) electrons. The summed E-state index contributed by atoms with van der Waals surface area (Å²) >= 11 is 0. The second-order valence-electron chi connectivity index (χ2n) is 8.82. The average molecular weight is 386 g/mol. The summed E-state index contributed by atoms with van der Waals surface area (Å²) in [6, 6.07) is 10.2. The lowest BCUT2D eigenvalue weighted by Gasteiger charge is -2.49. The molecule has 28 heavy (non-hydrogen) atoms. The van der Waals surface area contributed by atoms with Crippen LogP contribution in [0.2, 0.25) is 0 Å². The summed E-state index contributed by atoms with van der Waals surface area (Å²) in [7, 11) is 0. The van der Waals surface area contributed by atoms with Crippen LogP contribution in [0.25, 0.3) is 0 Å². The van der Waals surface area contributed by atoms with E-state index in [2.05, 4.69) is 55.3 Å². The number of piperazine rings is 1. The number of piperidine rings is 1. The van der Waals surface area contributed by atoms with Crippen LogP contribution < -0.4 is 5.32 Å². The fourth-order valence-electron chi connectivity index (χ4n) is 4.46. The van der Waals surface area contributed by atoms with Gasteiger partial charge in [0, 0.05) is 26.2 Å². The molecule has 2 saturated heterocycles. The molecular formula is C23H35N3O2. The average Bonchev–Trinajstić information content (AvgIpc) is 2.68. The van der Waals surface area contributed by atoms with Crippen LogP contribution in [0.4, 0.5) is 0 Å². The Morgan fingerprint density at radius 3 is 2.43 bits per heavy atom. The molecule has 0 aromatic heterocycles. The molecule has 1 N–H and O–H groups in total. The molecule has 1 atom stereocenters. The lowest BCUT2D eigenvalue weighted by atomic mass is 9.81. The van der Waals surface area contributed by atoms with Crippen molar-refractivity contribution in [1.82, 2.24) is 15.1 Å². The van der Waals surface area contributed by atoms with Crippen molar-refractivity contribution in [3.05, 3.63) is 35.9 Å². The Labute approximate surface area is 169 Å². The topological polar surface area (TPSA) is 52.7 Å². The van der Waals surface area contributed by atoms with Crippen molar-refractivity contribution >= 4 is 11.8 Å². The van der Waals surface area contributed by atoms with E-state index >= 15 is 0 Å². The van der Waals surface area contributed by atoms with Crippen molar-refractivity contribution in [2.24, 2.45) is 5.92 Å². The van der Waals surface area contributed by atoms with Gasteiger partial charge in [0.25, 0.3) is 0 Å². The Hall–Kier alpha value is -1.72. The van der Waals surface area contributed by atoms with E-state index in [1.165, 1.54) is 5.56 Å². The Morgan fingerprint density at radius 2 is 1.82 bits per heavy atom. The van der Waals surface area contributed by atoms with E-state index in [0.717, 1.165) is 51.7 Å². The van der Waals surface area contributed by atoms with Gasteiger partial charge in [-0.3, -0.25) is 24.7 Å². The van der Waals surface area contributed by atoms with Crippen LogP contribution in [0.3, 0.4) is 0 Å². The van der Waals surface area contributed by atoms with E-state index < -0.39 is 5.54 Å². The van der Waals surface area contributed by atoms with E-state index in [0.29, 0.717) is 12.5 Å². The molecule has 1 aromatic rings. The molecule has 5 nitrogen and oxygen atoms in total. The van der Waals surface area contributed by atoms with Crippen molar-refractivity contribution < 1.29 is 9.59 Å². The summed E-state index contributed by atoms with van der Waals surface area (Å²) < 4.78 is 0. The first-order valence-electron chi connectivity index (χ1n) is 10.8. The number of carbonyl (C=O) groups excluding carboxylic acids is 2. The van der Waals surface area contributed by atoms with E-state index in [4.69, 9.17) is 0 Å². The number of unbranched alkanes of at least 4 members (excludes halogenated alkanes) is 1. The summed E-state index contributed by atoms with van der Waals surface area (Å²) in [5.74, 6) is 0.396. The SMILES string of the molecule is CCCCN1C(=O)[C@H](CC(C)C)NC2(CCN(Cc3ccccc3)CC2)C1=O. The largest absolute Gasteiger partial charge is 0.299 e. The van der Waals surface area contributed by atoms with Gasteiger partial charge in [-0.25, -0.2) is 0 Å². The summed E-state index contributed by atoms with van der Waals surface area (Å²) in [4.78, 5) is 30.3. The van der Waals surface area contributed by atoms with Crippen molar-refractivity contribution in [2.45, 2.75) is 71.0 Å². The van der Waals surface area contributed by atoms with Gasteiger partial charge in [-0.15, -0.1) is 0 Å². The van der Waals surface area contributed by atoms with E-state index in [9.17, 15) is 9.59 Å². The molecule has 0 unspecified atom stereocenters. The van der Waals surface area contributed by atoms with E-state index in [1.807, 2.05) is 6.07 Å². The lowest BCUT2D eigenvalue weighted by Crippen LogP contribution is -2.72. The number of nitrogens with one attached hydrogen (secondary N) is 1. The fourth-order valence-corrected chi connectivity index (χ4v) is 4.46. The van der Waals surface area contributed by atoms with E-state index in [-0.39, 0.29) is 17.9 Å². The van der Waals surface area contributed by atoms with Crippen LogP contribution in [0.15, 0.2) is 30.3 Å². The third kappa shape index (κ3) is 4.64. The van der Waals surface area contributed by atoms with Crippen LogP contribution in [-0.4, -0.2) is 52.8 Å². The zero-order chi connectivity index (χ0) is 20.1. The zero-order valence-corrected chi connectivity index (χ0v) is 17.6. The predicted molar refractivity (Wildman–Crippen MR) is 112 cm³/mol. The second-order valence-corrected chi connectivity index (χ2v) is 8.82. The molecule has 2 fully saturated rings. The van der Waals surface area contributed by atoms with Gasteiger partial charge < -0.3 is 0 Å². The molecule has 2 heterocycles. The number of hydrogen-bond donors (Lipinski definition) is 1. The van der Waals surface area contributed by atoms with Crippen LogP contribution in [0.5, 0.6) is 0 Å². The van der Waals surface area contributed by atoms with Crippen molar-refractivity contribution in [3.63, 3.8) is 0 Å². The third-order valence-electron chi connectivity index (χ3n) is 6.07. The Balaban J connectivity index is 1.71. The van der Waals surface area contributed by atoms with Crippen LogP contribution >= 0.6 is 0 Å². The molecule has 154 valence electrons. The molecule has 3 rings (SSSR count). The number of hydrogen-bond acceptors (Lipinski definition) is 4. The number of rotatable bonds is 7. The molecule has 0 saturated carbocycles. The highest BCUT2D eigenvalue weighted by molar-refractivity contribution is 6.05.